The van der Waals surface area contributed by atoms with E-state index in [-0.39, 0.29) is 0 Å². The Labute approximate surface area is 120 Å². The second-order valence-corrected chi connectivity index (χ2v) is 6.11. The maximum absolute atomic E-state index is 2.57. The summed E-state index contributed by atoms with van der Waals surface area (Å²) in [6.45, 7) is 10.4. The first-order chi connectivity index (χ1) is 9.20. The molecule has 1 aliphatic rings. The smallest absolute Gasteiger partial charge is 0.101 e. The van der Waals surface area contributed by atoms with Gasteiger partial charge in [0.05, 0.1) is 0 Å². The fraction of sp³-hybridized carbons (Fsp3) is 0.882. The van der Waals surface area contributed by atoms with Gasteiger partial charge in [-0.3, -0.25) is 0 Å². The van der Waals surface area contributed by atoms with Crippen LogP contribution in [0.2, 0.25) is 0 Å². The summed E-state index contributed by atoms with van der Waals surface area (Å²) in [7, 11) is 0. The normalized spacial score (nSPS) is 18.9. The SMILES string of the molecule is CCCCCCC1N(CCCCC)C=CN1C(C)C. The molecule has 0 N–H and O–H groups in total. The molecule has 0 aliphatic carbocycles. The molecule has 1 heterocycles. The summed E-state index contributed by atoms with van der Waals surface area (Å²) in [6, 6.07) is 0.614. The average Bonchev–Trinajstić information content (AvgIpc) is 2.78. The maximum Gasteiger partial charge on any atom is 0.101 e. The van der Waals surface area contributed by atoms with Crippen LogP contribution in [0.5, 0.6) is 0 Å². The summed E-state index contributed by atoms with van der Waals surface area (Å²) in [6.07, 6.45) is 16.0. The third-order valence-electron chi connectivity index (χ3n) is 4.09. The lowest BCUT2D eigenvalue weighted by molar-refractivity contribution is 0.114. The lowest BCUT2D eigenvalue weighted by Crippen LogP contribution is -2.42. The highest BCUT2D eigenvalue weighted by Gasteiger charge is 2.26. The predicted molar refractivity (Wildman–Crippen MR) is 84.9 cm³/mol. The number of unbranched alkanes of at least 4 members (excludes halogenated alkanes) is 5. The second-order valence-electron chi connectivity index (χ2n) is 6.11. The van der Waals surface area contributed by atoms with Crippen LogP contribution in [-0.4, -0.2) is 28.6 Å². The zero-order valence-corrected chi connectivity index (χ0v) is 13.6. The van der Waals surface area contributed by atoms with E-state index < -0.39 is 0 Å². The molecule has 0 saturated heterocycles. The highest BCUT2D eigenvalue weighted by molar-refractivity contribution is 4.98. The summed E-state index contributed by atoms with van der Waals surface area (Å²) in [5.74, 6) is 0. The van der Waals surface area contributed by atoms with E-state index in [9.17, 15) is 0 Å². The Morgan fingerprint density at radius 1 is 0.895 bits per heavy atom. The van der Waals surface area contributed by atoms with E-state index in [0.29, 0.717) is 12.2 Å². The monoisotopic (exact) mass is 266 g/mol. The zero-order valence-electron chi connectivity index (χ0n) is 13.6. The summed E-state index contributed by atoms with van der Waals surface area (Å²) >= 11 is 0. The molecule has 0 aromatic carbocycles. The average molecular weight is 266 g/mol. The van der Waals surface area contributed by atoms with Gasteiger partial charge < -0.3 is 9.80 Å². The topological polar surface area (TPSA) is 6.48 Å². The molecule has 2 heteroatoms. The molecule has 1 rings (SSSR count). The number of rotatable bonds is 10. The standard InChI is InChI=1S/C17H34N2/c1-5-7-9-10-12-17-18(13-11-8-6-2)14-15-19(17)16(3)4/h14-17H,5-13H2,1-4H3. The van der Waals surface area contributed by atoms with Crippen molar-refractivity contribution >= 4 is 0 Å². The minimum atomic E-state index is 0.614. The highest BCUT2D eigenvalue weighted by Crippen LogP contribution is 2.24. The molecule has 0 aromatic rings. The molecular formula is C17H34N2. The maximum atomic E-state index is 2.57. The molecule has 2 nitrogen and oxygen atoms in total. The van der Waals surface area contributed by atoms with Crippen LogP contribution in [0.3, 0.4) is 0 Å². The lowest BCUT2D eigenvalue weighted by atomic mass is 10.1. The van der Waals surface area contributed by atoms with Crippen molar-refractivity contribution < 1.29 is 0 Å². The van der Waals surface area contributed by atoms with E-state index in [0.717, 1.165) is 0 Å². The highest BCUT2D eigenvalue weighted by atomic mass is 15.4. The molecule has 1 atom stereocenters. The molecule has 0 spiro atoms. The third-order valence-corrected chi connectivity index (χ3v) is 4.09. The largest absolute Gasteiger partial charge is 0.356 e. The molecule has 0 amide bonds. The Balaban J connectivity index is 2.42. The van der Waals surface area contributed by atoms with Crippen LogP contribution in [-0.2, 0) is 0 Å². The Morgan fingerprint density at radius 3 is 2.21 bits per heavy atom. The van der Waals surface area contributed by atoms with Crippen molar-refractivity contribution in [3.05, 3.63) is 12.4 Å². The van der Waals surface area contributed by atoms with Crippen LogP contribution >= 0.6 is 0 Å². The van der Waals surface area contributed by atoms with Gasteiger partial charge in [-0.15, -0.1) is 0 Å². The minimum absolute atomic E-state index is 0.614. The molecule has 1 unspecified atom stereocenters. The van der Waals surface area contributed by atoms with Gasteiger partial charge in [0.2, 0.25) is 0 Å². The van der Waals surface area contributed by atoms with Crippen molar-refractivity contribution in [2.75, 3.05) is 6.54 Å². The van der Waals surface area contributed by atoms with Crippen LogP contribution in [0.4, 0.5) is 0 Å². The predicted octanol–water partition coefficient (Wildman–Crippen LogP) is 4.97. The van der Waals surface area contributed by atoms with Gasteiger partial charge in [0.1, 0.15) is 6.17 Å². The summed E-state index contributed by atoms with van der Waals surface area (Å²) in [5.41, 5.74) is 0. The van der Waals surface area contributed by atoms with Gasteiger partial charge in [0.25, 0.3) is 0 Å². The summed E-state index contributed by atoms with van der Waals surface area (Å²) in [4.78, 5) is 5.11. The Bertz CT molecular complexity index is 248. The minimum Gasteiger partial charge on any atom is -0.356 e. The molecular weight excluding hydrogens is 232 g/mol. The zero-order chi connectivity index (χ0) is 14.1. The first-order valence-electron chi connectivity index (χ1n) is 8.42. The van der Waals surface area contributed by atoms with Gasteiger partial charge >= 0.3 is 0 Å². The fourth-order valence-electron chi connectivity index (χ4n) is 2.89. The van der Waals surface area contributed by atoms with Crippen molar-refractivity contribution in [3.8, 4) is 0 Å². The van der Waals surface area contributed by atoms with Crippen molar-refractivity contribution in [2.24, 2.45) is 0 Å². The van der Waals surface area contributed by atoms with Gasteiger partial charge in [-0.2, -0.15) is 0 Å². The van der Waals surface area contributed by atoms with Crippen molar-refractivity contribution in [1.82, 2.24) is 9.80 Å². The van der Waals surface area contributed by atoms with E-state index in [1.807, 2.05) is 0 Å². The van der Waals surface area contributed by atoms with Crippen LogP contribution in [0.15, 0.2) is 12.4 Å². The van der Waals surface area contributed by atoms with Crippen molar-refractivity contribution in [2.45, 2.75) is 91.3 Å². The van der Waals surface area contributed by atoms with Crippen LogP contribution < -0.4 is 0 Å². The van der Waals surface area contributed by atoms with E-state index in [2.05, 4.69) is 49.9 Å². The second kappa shape index (κ2) is 9.28. The molecule has 0 aromatic heterocycles. The molecule has 1 aliphatic heterocycles. The van der Waals surface area contributed by atoms with Crippen molar-refractivity contribution in [3.63, 3.8) is 0 Å². The van der Waals surface area contributed by atoms with Gasteiger partial charge in [0, 0.05) is 25.0 Å². The van der Waals surface area contributed by atoms with Crippen molar-refractivity contribution in [1.29, 1.82) is 0 Å². The molecule has 0 fully saturated rings. The first-order valence-corrected chi connectivity index (χ1v) is 8.42. The molecule has 112 valence electrons. The van der Waals surface area contributed by atoms with E-state index in [1.54, 1.807) is 0 Å². The Hall–Kier alpha value is -0.660. The van der Waals surface area contributed by atoms with Gasteiger partial charge in [-0.25, -0.2) is 0 Å². The molecule has 19 heavy (non-hydrogen) atoms. The quantitative estimate of drug-likeness (QED) is 0.515. The number of hydrogen-bond acceptors (Lipinski definition) is 2. The number of hydrogen-bond donors (Lipinski definition) is 0. The van der Waals surface area contributed by atoms with E-state index in [1.165, 1.54) is 57.9 Å². The van der Waals surface area contributed by atoms with Crippen LogP contribution in [0.25, 0.3) is 0 Å². The molecule has 0 radical (unpaired) electrons. The van der Waals surface area contributed by atoms with E-state index in [4.69, 9.17) is 0 Å². The Morgan fingerprint density at radius 2 is 1.58 bits per heavy atom. The van der Waals surface area contributed by atoms with Crippen LogP contribution in [0.1, 0.15) is 79.1 Å². The fourth-order valence-corrected chi connectivity index (χ4v) is 2.89. The first kappa shape index (κ1) is 16.4. The summed E-state index contributed by atoms with van der Waals surface area (Å²) in [5, 5.41) is 0. The van der Waals surface area contributed by atoms with Gasteiger partial charge in [-0.05, 0) is 33.1 Å². The van der Waals surface area contributed by atoms with Gasteiger partial charge in [-0.1, -0.05) is 46.0 Å². The number of nitrogens with zero attached hydrogens (tertiary/aromatic N) is 2. The summed E-state index contributed by atoms with van der Waals surface area (Å²) < 4.78 is 0. The van der Waals surface area contributed by atoms with E-state index >= 15 is 0 Å². The Kier molecular flexibility index (Phi) is 8.00. The van der Waals surface area contributed by atoms with Crippen LogP contribution in [0, 0.1) is 0 Å². The molecule has 0 bridgehead atoms. The third kappa shape index (κ3) is 5.46. The molecule has 0 saturated carbocycles. The van der Waals surface area contributed by atoms with Gasteiger partial charge in [0.15, 0.2) is 0 Å². The lowest BCUT2D eigenvalue weighted by Gasteiger charge is -2.35.